The average Bonchev–Trinajstić information content (AvgIpc) is 2.59. The van der Waals surface area contributed by atoms with Crippen LogP contribution in [0.4, 0.5) is 17.6 Å². The number of ether oxygens (including phenoxy) is 1. The molecule has 0 radical (unpaired) electrons. The van der Waals surface area contributed by atoms with Gasteiger partial charge < -0.3 is 4.74 Å². The highest BCUT2D eigenvalue weighted by Crippen LogP contribution is 2.30. The highest BCUT2D eigenvalue weighted by atomic mass is 32.2. The first kappa shape index (κ1) is 19.7. The molecule has 2 aromatic carbocycles. The van der Waals surface area contributed by atoms with Crippen LogP contribution in [0.5, 0.6) is 5.75 Å². The van der Waals surface area contributed by atoms with E-state index in [2.05, 4.69) is 0 Å². The van der Waals surface area contributed by atoms with E-state index in [9.17, 15) is 30.8 Å². The molecule has 0 fully saturated rings. The van der Waals surface area contributed by atoms with Gasteiger partial charge in [-0.1, -0.05) is 6.07 Å². The molecule has 0 aromatic heterocycles. The summed E-state index contributed by atoms with van der Waals surface area (Å²) in [7, 11) is -4.41. The van der Waals surface area contributed by atoms with Crippen molar-refractivity contribution in [2.24, 2.45) is 0 Å². The highest BCUT2D eigenvalue weighted by molar-refractivity contribution is 7.89. The van der Waals surface area contributed by atoms with Gasteiger partial charge in [0.1, 0.15) is 11.6 Å². The monoisotopic (exact) mass is 392 g/mol. The molecule has 11 heteroatoms. The zero-order valence-electron chi connectivity index (χ0n) is 12.9. The molecule has 2 N–H and O–H groups in total. The maximum atomic E-state index is 12.7. The zero-order chi connectivity index (χ0) is 19.4. The van der Waals surface area contributed by atoms with Crippen molar-refractivity contribution in [1.29, 1.82) is 0 Å². The number of nitrogens with one attached hydrogen (secondary N) is 2. The number of sulfonamides is 1. The van der Waals surface area contributed by atoms with E-state index in [1.807, 2.05) is 0 Å². The van der Waals surface area contributed by atoms with E-state index in [4.69, 9.17) is 4.74 Å². The van der Waals surface area contributed by atoms with Crippen molar-refractivity contribution >= 4 is 15.9 Å². The number of hydrogen-bond acceptors (Lipinski definition) is 4. The maximum Gasteiger partial charge on any atom is 0.416 e. The van der Waals surface area contributed by atoms with E-state index in [-0.39, 0.29) is 5.75 Å². The average molecular weight is 392 g/mol. The van der Waals surface area contributed by atoms with Gasteiger partial charge in [0.05, 0.1) is 10.5 Å². The van der Waals surface area contributed by atoms with Crippen LogP contribution in [0, 0.1) is 5.82 Å². The molecule has 1 amide bonds. The van der Waals surface area contributed by atoms with Gasteiger partial charge in [0.25, 0.3) is 15.9 Å². The summed E-state index contributed by atoms with van der Waals surface area (Å²) in [6.07, 6.45) is -4.71. The van der Waals surface area contributed by atoms with Crippen molar-refractivity contribution in [3.05, 3.63) is 59.9 Å². The SMILES string of the molecule is O=C(COc1ccc(F)cc1)NNS(=O)(=O)c1cccc(C(F)(F)F)c1. The Bertz CT molecular complexity index is 883. The summed E-state index contributed by atoms with van der Waals surface area (Å²) in [6, 6.07) is 7.74. The molecule has 0 aliphatic heterocycles. The largest absolute Gasteiger partial charge is 0.484 e. The Morgan fingerprint density at radius 2 is 1.73 bits per heavy atom. The second-order valence-corrected chi connectivity index (χ2v) is 6.60. The van der Waals surface area contributed by atoms with E-state index >= 15 is 0 Å². The van der Waals surface area contributed by atoms with E-state index in [0.29, 0.717) is 12.1 Å². The Kier molecular flexibility index (Phi) is 5.83. The molecular weight excluding hydrogens is 380 g/mol. The lowest BCUT2D eigenvalue weighted by atomic mass is 10.2. The molecule has 6 nitrogen and oxygen atoms in total. The van der Waals surface area contributed by atoms with Crippen LogP contribution in [-0.4, -0.2) is 20.9 Å². The van der Waals surface area contributed by atoms with Crippen molar-refractivity contribution in [2.45, 2.75) is 11.1 Å². The molecule has 0 atom stereocenters. The minimum atomic E-state index is -4.71. The number of amides is 1. The Morgan fingerprint density at radius 3 is 2.35 bits per heavy atom. The molecular formula is C15H12F4N2O4S. The van der Waals surface area contributed by atoms with Crippen LogP contribution in [0.15, 0.2) is 53.4 Å². The predicted octanol–water partition coefficient (Wildman–Crippen LogP) is 2.23. The molecule has 0 saturated heterocycles. The first-order valence-corrected chi connectivity index (χ1v) is 8.42. The van der Waals surface area contributed by atoms with E-state index in [1.165, 1.54) is 12.1 Å². The fraction of sp³-hybridized carbons (Fsp3) is 0.133. The van der Waals surface area contributed by atoms with Crippen molar-refractivity contribution in [3.63, 3.8) is 0 Å². The van der Waals surface area contributed by atoms with Crippen LogP contribution in [-0.2, 0) is 21.0 Å². The van der Waals surface area contributed by atoms with Gasteiger partial charge in [-0.15, -0.1) is 4.83 Å². The highest BCUT2D eigenvalue weighted by Gasteiger charge is 2.31. The van der Waals surface area contributed by atoms with Crippen molar-refractivity contribution in [2.75, 3.05) is 6.61 Å². The molecule has 0 aliphatic rings. The lowest BCUT2D eigenvalue weighted by Gasteiger charge is -2.11. The van der Waals surface area contributed by atoms with Crippen LogP contribution >= 0.6 is 0 Å². The number of benzene rings is 2. The molecule has 0 aliphatic carbocycles. The smallest absolute Gasteiger partial charge is 0.416 e. The molecule has 0 saturated carbocycles. The number of rotatable bonds is 6. The molecule has 0 bridgehead atoms. The van der Waals surface area contributed by atoms with Crippen molar-refractivity contribution in [1.82, 2.24) is 10.3 Å². The van der Waals surface area contributed by atoms with E-state index in [1.54, 1.807) is 10.3 Å². The van der Waals surface area contributed by atoms with Gasteiger partial charge in [-0.2, -0.15) is 13.2 Å². The Hall–Kier alpha value is -2.66. The summed E-state index contributed by atoms with van der Waals surface area (Å²) in [5.41, 5.74) is 0.657. The first-order valence-electron chi connectivity index (χ1n) is 6.94. The molecule has 0 unspecified atom stereocenters. The zero-order valence-corrected chi connectivity index (χ0v) is 13.7. The maximum absolute atomic E-state index is 12.7. The number of carbonyl (C=O) groups is 1. The van der Waals surface area contributed by atoms with Crippen LogP contribution in [0.2, 0.25) is 0 Å². The molecule has 26 heavy (non-hydrogen) atoms. The summed E-state index contributed by atoms with van der Waals surface area (Å²) in [5, 5.41) is 0. The fourth-order valence-electron chi connectivity index (χ4n) is 1.74. The number of alkyl halides is 3. The van der Waals surface area contributed by atoms with Gasteiger partial charge in [-0.05, 0) is 42.5 Å². The van der Waals surface area contributed by atoms with E-state index < -0.39 is 45.0 Å². The minimum absolute atomic E-state index is 0.169. The quantitative estimate of drug-likeness (QED) is 0.583. The number of hydrazine groups is 1. The Labute approximate surface area is 145 Å². The number of carbonyl (C=O) groups excluding carboxylic acids is 1. The topological polar surface area (TPSA) is 84.5 Å². The lowest BCUT2D eigenvalue weighted by Crippen LogP contribution is -2.43. The summed E-state index contributed by atoms with van der Waals surface area (Å²) < 4.78 is 79.5. The van der Waals surface area contributed by atoms with E-state index in [0.717, 1.165) is 24.3 Å². The summed E-state index contributed by atoms with van der Waals surface area (Å²) >= 11 is 0. The van der Waals surface area contributed by atoms with Crippen LogP contribution < -0.4 is 15.0 Å². The lowest BCUT2D eigenvalue weighted by molar-refractivity contribution is -0.137. The molecule has 2 rings (SSSR count). The molecule has 0 spiro atoms. The Morgan fingerprint density at radius 1 is 1.08 bits per heavy atom. The molecule has 140 valence electrons. The summed E-state index contributed by atoms with van der Waals surface area (Å²) in [6.45, 7) is -0.600. The molecule has 0 heterocycles. The number of halogens is 4. The van der Waals surface area contributed by atoms with Gasteiger partial charge in [-0.25, -0.2) is 12.8 Å². The minimum Gasteiger partial charge on any atom is -0.484 e. The van der Waals surface area contributed by atoms with Gasteiger partial charge >= 0.3 is 6.18 Å². The third kappa shape index (κ3) is 5.43. The van der Waals surface area contributed by atoms with Crippen LogP contribution in [0.1, 0.15) is 5.56 Å². The van der Waals surface area contributed by atoms with Gasteiger partial charge in [0.2, 0.25) is 0 Å². The van der Waals surface area contributed by atoms with Crippen LogP contribution in [0.3, 0.4) is 0 Å². The first-order chi connectivity index (χ1) is 12.1. The third-order valence-corrected chi connectivity index (χ3v) is 4.23. The number of hydrogen-bond donors (Lipinski definition) is 2. The van der Waals surface area contributed by atoms with Gasteiger partial charge in [0.15, 0.2) is 6.61 Å². The predicted molar refractivity (Wildman–Crippen MR) is 81.8 cm³/mol. The fourth-order valence-corrected chi connectivity index (χ4v) is 2.64. The van der Waals surface area contributed by atoms with Gasteiger partial charge in [0, 0.05) is 0 Å². The summed E-state index contributed by atoms with van der Waals surface area (Å²) in [5.74, 6) is -1.25. The Balaban J connectivity index is 1.95. The van der Waals surface area contributed by atoms with Crippen molar-refractivity contribution in [3.8, 4) is 5.75 Å². The second-order valence-electron chi connectivity index (χ2n) is 4.92. The second kappa shape index (κ2) is 7.70. The third-order valence-electron chi connectivity index (χ3n) is 2.98. The normalized spacial score (nSPS) is 11.8. The summed E-state index contributed by atoms with van der Waals surface area (Å²) in [4.78, 5) is 12.6. The molecule has 2 aromatic rings. The van der Waals surface area contributed by atoms with Gasteiger partial charge in [-0.3, -0.25) is 10.2 Å². The van der Waals surface area contributed by atoms with Crippen LogP contribution in [0.25, 0.3) is 0 Å². The standard InChI is InChI=1S/C15H12F4N2O4S/c16-11-4-6-12(7-5-11)25-9-14(22)20-21-26(23,24)13-3-1-2-10(8-13)15(17,18)19/h1-8,21H,9H2,(H,20,22). The van der Waals surface area contributed by atoms with Crippen molar-refractivity contribution < 1.29 is 35.5 Å².